The molecule has 1 heterocycles. The van der Waals surface area contributed by atoms with Gasteiger partial charge < -0.3 is 4.90 Å². The molecule has 1 atom stereocenters. The highest BCUT2D eigenvalue weighted by atomic mass is 32.2. The molecule has 24 heavy (non-hydrogen) atoms. The monoisotopic (exact) mass is 347 g/mol. The third-order valence-electron chi connectivity index (χ3n) is 5.07. The number of aryl methyl sites for hydroxylation is 1. The molecular formula is C19H25NO3S. The summed E-state index contributed by atoms with van der Waals surface area (Å²) in [6, 6.07) is 7.45. The summed E-state index contributed by atoms with van der Waals surface area (Å²) in [6.45, 7) is 2.06. The van der Waals surface area contributed by atoms with Gasteiger partial charge in [-0.15, -0.1) is 0 Å². The minimum Gasteiger partial charge on any atom is -0.304 e. The van der Waals surface area contributed by atoms with Gasteiger partial charge in [-0.25, -0.2) is 8.42 Å². The van der Waals surface area contributed by atoms with Gasteiger partial charge in [0.2, 0.25) is 5.91 Å². The zero-order chi connectivity index (χ0) is 17.2. The Morgan fingerprint density at radius 1 is 1.17 bits per heavy atom. The lowest BCUT2D eigenvalue weighted by atomic mass is 9.87. The lowest BCUT2D eigenvalue weighted by molar-refractivity contribution is -0.123. The van der Waals surface area contributed by atoms with Crippen LogP contribution < -0.4 is 4.90 Å². The van der Waals surface area contributed by atoms with Crippen LogP contribution in [-0.4, -0.2) is 26.1 Å². The predicted octanol–water partition coefficient (Wildman–Crippen LogP) is 3.47. The highest BCUT2D eigenvalue weighted by molar-refractivity contribution is 7.94. The van der Waals surface area contributed by atoms with E-state index >= 15 is 0 Å². The van der Waals surface area contributed by atoms with E-state index < -0.39 is 15.9 Å². The van der Waals surface area contributed by atoms with Gasteiger partial charge in [-0.1, -0.05) is 44.4 Å². The molecule has 0 N–H and O–H groups in total. The van der Waals surface area contributed by atoms with Crippen LogP contribution in [0.25, 0.3) is 0 Å². The van der Waals surface area contributed by atoms with Crippen LogP contribution >= 0.6 is 0 Å². The summed E-state index contributed by atoms with van der Waals surface area (Å²) >= 11 is 0. The average Bonchev–Trinajstić information content (AvgIpc) is 2.96. The van der Waals surface area contributed by atoms with Gasteiger partial charge in [0.1, 0.15) is 0 Å². The second kappa shape index (κ2) is 7.09. The Bertz CT molecular complexity index is 733. The third kappa shape index (κ3) is 3.56. The normalized spacial score (nSPS) is 23.3. The van der Waals surface area contributed by atoms with E-state index in [2.05, 4.69) is 6.92 Å². The van der Waals surface area contributed by atoms with E-state index in [-0.39, 0.29) is 17.6 Å². The van der Waals surface area contributed by atoms with E-state index in [0.29, 0.717) is 0 Å². The lowest BCUT2D eigenvalue weighted by Gasteiger charge is -2.34. The number of rotatable bonds is 4. The molecule has 5 heteroatoms. The van der Waals surface area contributed by atoms with Crippen LogP contribution in [-0.2, 0) is 21.1 Å². The molecule has 0 unspecified atom stereocenters. The maximum atomic E-state index is 13.3. The number of amides is 1. The molecule has 1 aliphatic carbocycles. The average molecular weight is 347 g/mol. The summed E-state index contributed by atoms with van der Waals surface area (Å²) in [5.74, 6) is 0.0893. The van der Waals surface area contributed by atoms with Crippen molar-refractivity contribution in [3.8, 4) is 0 Å². The molecule has 1 aliphatic heterocycles. The number of benzene rings is 1. The summed E-state index contributed by atoms with van der Waals surface area (Å²) < 4.78 is 23.8. The van der Waals surface area contributed by atoms with Crippen molar-refractivity contribution in [3.63, 3.8) is 0 Å². The second-order valence-corrected chi connectivity index (χ2v) is 8.68. The first kappa shape index (κ1) is 17.2. The molecule has 1 aromatic carbocycles. The summed E-state index contributed by atoms with van der Waals surface area (Å²) in [5.41, 5.74) is 1.95. The Hall–Kier alpha value is -1.62. The van der Waals surface area contributed by atoms with E-state index in [1.54, 1.807) is 11.0 Å². The summed E-state index contributed by atoms with van der Waals surface area (Å²) in [6.07, 6.45) is 7.65. The summed E-state index contributed by atoms with van der Waals surface area (Å²) in [7, 11) is -3.21. The number of para-hydroxylation sites is 1. The van der Waals surface area contributed by atoms with Gasteiger partial charge in [0.15, 0.2) is 9.84 Å². The Labute approximate surface area is 144 Å². The van der Waals surface area contributed by atoms with Crippen LogP contribution in [0.5, 0.6) is 0 Å². The number of hydrogen-bond donors (Lipinski definition) is 0. The highest BCUT2D eigenvalue weighted by Gasteiger charge is 2.35. The SMILES string of the molecule is CCc1ccccc1N(C(=O)C1CCCCC1)[C@H]1C=CS(=O)(=O)C1. The Morgan fingerprint density at radius 3 is 2.50 bits per heavy atom. The van der Waals surface area contributed by atoms with Crippen molar-refractivity contribution in [1.82, 2.24) is 0 Å². The fourth-order valence-electron chi connectivity index (χ4n) is 3.77. The molecule has 0 aromatic heterocycles. The zero-order valence-corrected chi connectivity index (χ0v) is 15.0. The van der Waals surface area contributed by atoms with Crippen LogP contribution in [0.3, 0.4) is 0 Å². The van der Waals surface area contributed by atoms with Crippen LogP contribution in [0.1, 0.15) is 44.6 Å². The maximum absolute atomic E-state index is 13.3. The van der Waals surface area contributed by atoms with Crippen LogP contribution in [0, 0.1) is 5.92 Å². The quantitative estimate of drug-likeness (QED) is 0.838. The fraction of sp³-hybridized carbons (Fsp3) is 0.526. The molecule has 0 saturated heterocycles. The van der Waals surface area contributed by atoms with Crippen LogP contribution in [0.2, 0.25) is 0 Å². The molecule has 4 nitrogen and oxygen atoms in total. The first-order chi connectivity index (χ1) is 11.5. The standard InChI is InChI=1S/C19H25NO3S/c1-2-15-8-6-7-11-18(15)20(17-12-13-24(22,23)14-17)19(21)16-9-4-3-5-10-16/h6-8,11-13,16-17H,2-5,9-10,14H2,1H3/t17-/m0/s1. The minimum absolute atomic E-state index is 0.0104. The summed E-state index contributed by atoms with van der Waals surface area (Å²) in [4.78, 5) is 15.0. The first-order valence-corrected chi connectivity index (χ1v) is 10.6. The molecule has 1 amide bonds. The third-order valence-corrected chi connectivity index (χ3v) is 6.44. The van der Waals surface area contributed by atoms with Gasteiger partial charge in [0, 0.05) is 17.0 Å². The van der Waals surface area contributed by atoms with E-state index in [9.17, 15) is 13.2 Å². The Kier molecular flexibility index (Phi) is 5.09. The molecule has 0 bridgehead atoms. The van der Waals surface area contributed by atoms with Crippen molar-refractivity contribution in [2.24, 2.45) is 5.92 Å². The van der Waals surface area contributed by atoms with Crippen molar-refractivity contribution < 1.29 is 13.2 Å². The Morgan fingerprint density at radius 2 is 1.88 bits per heavy atom. The molecule has 1 fully saturated rings. The van der Waals surface area contributed by atoms with E-state index in [4.69, 9.17) is 0 Å². The molecular weight excluding hydrogens is 322 g/mol. The number of carbonyl (C=O) groups excluding carboxylic acids is 1. The molecule has 130 valence electrons. The lowest BCUT2D eigenvalue weighted by Crippen LogP contribution is -2.45. The second-order valence-electron chi connectivity index (χ2n) is 6.75. The smallest absolute Gasteiger partial charge is 0.230 e. The van der Waals surface area contributed by atoms with Crippen molar-refractivity contribution in [2.45, 2.75) is 51.5 Å². The van der Waals surface area contributed by atoms with Gasteiger partial charge in [-0.05, 0) is 37.0 Å². The van der Waals surface area contributed by atoms with Crippen molar-refractivity contribution >= 4 is 21.4 Å². The minimum atomic E-state index is -3.21. The van der Waals surface area contributed by atoms with Crippen molar-refractivity contribution in [3.05, 3.63) is 41.3 Å². The van der Waals surface area contributed by atoms with Crippen LogP contribution in [0.15, 0.2) is 35.7 Å². The maximum Gasteiger partial charge on any atom is 0.230 e. The van der Waals surface area contributed by atoms with Crippen molar-refractivity contribution in [2.75, 3.05) is 10.7 Å². The molecule has 1 saturated carbocycles. The highest BCUT2D eigenvalue weighted by Crippen LogP contribution is 2.32. The number of sulfone groups is 1. The molecule has 0 spiro atoms. The number of anilines is 1. The zero-order valence-electron chi connectivity index (χ0n) is 14.1. The number of nitrogens with zero attached hydrogens (tertiary/aromatic N) is 1. The largest absolute Gasteiger partial charge is 0.304 e. The summed E-state index contributed by atoms with van der Waals surface area (Å²) in [5, 5.41) is 1.26. The first-order valence-electron chi connectivity index (χ1n) is 8.84. The number of carbonyl (C=O) groups is 1. The van der Waals surface area contributed by atoms with E-state index in [0.717, 1.165) is 43.4 Å². The van der Waals surface area contributed by atoms with E-state index in [1.807, 2.05) is 24.3 Å². The van der Waals surface area contributed by atoms with Gasteiger partial charge in [0.25, 0.3) is 0 Å². The van der Waals surface area contributed by atoms with Gasteiger partial charge >= 0.3 is 0 Å². The molecule has 0 radical (unpaired) electrons. The van der Waals surface area contributed by atoms with E-state index in [1.165, 1.54) is 11.8 Å². The fourth-order valence-corrected chi connectivity index (χ4v) is 5.04. The van der Waals surface area contributed by atoms with Crippen molar-refractivity contribution in [1.29, 1.82) is 0 Å². The molecule has 3 rings (SSSR count). The number of hydrogen-bond acceptors (Lipinski definition) is 3. The topological polar surface area (TPSA) is 54.5 Å². The van der Waals surface area contributed by atoms with Gasteiger partial charge in [-0.2, -0.15) is 0 Å². The Balaban J connectivity index is 1.97. The molecule has 1 aromatic rings. The van der Waals surface area contributed by atoms with Crippen LogP contribution in [0.4, 0.5) is 5.69 Å². The van der Waals surface area contributed by atoms with Gasteiger partial charge in [-0.3, -0.25) is 4.79 Å². The predicted molar refractivity (Wildman–Crippen MR) is 96.6 cm³/mol. The van der Waals surface area contributed by atoms with Gasteiger partial charge in [0.05, 0.1) is 11.8 Å². The molecule has 2 aliphatic rings.